The number of benzene rings is 1. The first-order chi connectivity index (χ1) is 8.86. The van der Waals surface area contributed by atoms with Gasteiger partial charge in [-0.3, -0.25) is 5.10 Å². The van der Waals surface area contributed by atoms with Crippen LogP contribution in [-0.2, 0) is 6.42 Å². The SMILES string of the molecule is NCCCc1cc(-c2cc3ccccc3o2)n[nH]1. The molecule has 4 heteroatoms. The van der Waals surface area contributed by atoms with Crippen LogP contribution in [0, 0.1) is 0 Å². The third-order valence-corrected chi connectivity index (χ3v) is 2.96. The number of hydrogen-bond donors (Lipinski definition) is 2. The van der Waals surface area contributed by atoms with Crippen LogP contribution in [0.5, 0.6) is 0 Å². The van der Waals surface area contributed by atoms with Crippen LogP contribution in [0.15, 0.2) is 40.8 Å². The topological polar surface area (TPSA) is 67.8 Å². The Morgan fingerprint density at radius 1 is 1.22 bits per heavy atom. The molecule has 3 N–H and O–H groups in total. The molecule has 3 aromatic rings. The zero-order valence-corrected chi connectivity index (χ0v) is 10.0. The number of aromatic amines is 1. The maximum Gasteiger partial charge on any atom is 0.155 e. The van der Waals surface area contributed by atoms with E-state index < -0.39 is 0 Å². The molecule has 3 rings (SSSR count). The van der Waals surface area contributed by atoms with E-state index in [1.54, 1.807) is 0 Å². The first-order valence-electron chi connectivity index (χ1n) is 6.10. The van der Waals surface area contributed by atoms with Gasteiger partial charge in [0.2, 0.25) is 0 Å². The van der Waals surface area contributed by atoms with Crippen LogP contribution in [0.3, 0.4) is 0 Å². The Bertz CT molecular complexity index is 621. The average molecular weight is 241 g/mol. The zero-order valence-electron chi connectivity index (χ0n) is 10.0. The van der Waals surface area contributed by atoms with Crippen molar-refractivity contribution in [3.05, 3.63) is 42.1 Å². The molecule has 0 spiro atoms. The Labute approximate surface area is 105 Å². The standard InChI is InChI=1S/C14H15N3O/c15-7-3-5-11-9-12(17-16-11)14-8-10-4-1-2-6-13(10)18-14/h1-2,4,6,8-9H,3,5,7,15H2,(H,16,17). The van der Waals surface area contributed by atoms with Crippen LogP contribution in [-0.4, -0.2) is 16.7 Å². The highest BCUT2D eigenvalue weighted by Crippen LogP contribution is 2.26. The predicted octanol–water partition coefficient (Wildman–Crippen LogP) is 2.71. The molecule has 2 heterocycles. The number of para-hydroxylation sites is 1. The average Bonchev–Trinajstić information content (AvgIpc) is 3.02. The van der Waals surface area contributed by atoms with E-state index in [2.05, 4.69) is 10.2 Å². The lowest BCUT2D eigenvalue weighted by atomic mass is 10.2. The number of H-pyrrole nitrogens is 1. The quantitative estimate of drug-likeness (QED) is 0.738. The molecule has 0 fully saturated rings. The molecule has 1 aromatic carbocycles. The van der Waals surface area contributed by atoms with Gasteiger partial charge in [-0.25, -0.2) is 0 Å². The maximum atomic E-state index is 5.76. The van der Waals surface area contributed by atoms with Gasteiger partial charge in [0.15, 0.2) is 5.76 Å². The van der Waals surface area contributed by atoms with E-state index in [0.29, 0.717) is 6.54 Å². The van der Waals surface area contributed by atoms with Crippen LogP contribution in [0.4, 0.5) is 0 Å². The number of furan rings is 1. The summed E-state index contributed by atoms with van der Waals surface area (Å²) in [6, 6.07) is 12.0. The van der Waals surface area contributed by atoms with Crippen LogP contribution in [0.1, 0.15) is 12.1 Å². The van der Waals surface area contributed by atoms with Gasteiger partial charge in [0.1, 0.15) is 11.3 Å². The van der Waals surface area contributed by atoms with Crippen molar-refractivity contribution in [3.63, 3.8) is 0 Å². The van der Waals surface area contributed by atoms with Crippen molar-refractivity contribution in [1.29, 1.82) is 0 Å². The summed E-state index contributed by atoms with van der Waals surface area (Å²) in [4.78, 5) is 0. The lowest BCUT2D eigenvalue weighted by molar-refractivity contribution is 0.628. The summed E-state index contributed by atoms with van der Waals surface area (Å²) in [5, 5.41) is 8.39. The van der Waals surface area contributed by atoms with Crippen molar-refractivity contribution < 1.29 is 4.42 Å². The Kier molecular flexibility index (Phi) is 2.86. The van der Waals surface area contributed by atoms with Crippen LogP contribution >= 0.6 is 0 Å². The number of aromatic nitrogens is 2. The first kappa shape index (κ1) is 11.0. The number of rotatable bonds is 4. The van der Waals surface area contributed by atoms with E-state index >= 15 is 0 Å². The molecule has 92 valence electrons. The molecule has 0 bridgehead atoms. The summed E-state index contributed by atoms with van der Waals surface area (Å²) in [5.41, 5.74) is 8.32. The number of nitrogens with one attached hydrogen (secondary N) is 1. The number of nitrogens with two attached hydrogens (primary N) is 1. The van der Waals surface area contributed by atoms with E-state index in [1.807, 2.05) is 36.4 Å². The molecular formula is C14H15N3O. The third kappa shape index (κ3) is 2.02. The lowest BCUT2D eigenvalue weighted by Gasteiger charge is -1.91. The van der Waals surface area contributed by atoms with Crippen molar-refractivity contribution in [3.8, 4) is 11.5 Å². The predicted molar refractivity (Wildman–Crippen MR) is 71.2 cm³/mol. The summed E-state index contributed by atoms with van der Waals surface area (Å²) in [7, 11) is 0. The van der Waals surface area contributed by atoms with Crippen molar-refractivity contribution in [2.24, 2.45) is 5.73 Å². The van der Waals surface area contributed by atoms with Gasteiger partial charge < -0.3 is 10.2 Å². The molecule has 0 amide bonds. The normalized spacial score (nSPS) is 11.2. The summed E-state index contributed by atoms with van der Waals surface area (Å²) in [5.74, 6) is 0.798. The number of nitrogens with zero attached hydrogens (tertiary/aromatic N) is 1. The summed E-state index contributed by atoms with van der Waals surface area (Å²) < 4.78 is 5.76. The van der Waals surface area contributed by atoms with Crippen LogP contribution in [0.2, 0.25) is 0 Å². The molecule has 0 unspecified atom stereocenters. The van der Waals surface area contributed by atoms with Gasteiger partial charge in [-0.1, -0.05) is 18.2 Å². The largest absolute Gasteiger partial charge is 0.454 e. The Hall–Kier alpha value is -2.07. The fraction of sp³-hybridized carbons (Fsp3) is 0.214. The van der Waals surface area contributed by atoms with E-state index in [-0.39, 0.29) is 0 Å². The molecule has 0 aliphatic rings. The molecule has 2 aromatic heterocycles. The monoisotopic (exact) mass is 241 g/mol. The van der Waals surface area contributed by atoms with Gasteiger partial charge in [0.25, 0.3) is 0 Å². The smallest absolute Gasteiger partial charge is 0.155 e. The minimum absolute atomic E-state index is 0.693. The summed E-state index contributed by atoms with van der Waals surface area (Å²) in [6.45, 7) is 0.693. The van der Waals surface area contributed by atoms with Gasteiger partial charge in [-0.05, 0) is 37.6 Å². The van der Waals surface area contributed by atoms with Crippen LogP contribution < -0.4 is 5.73 Å². The number of fused-ring (bicyclic) bond motifs is 1. The van der Waals surface area contributed by atoms with Crippen molar-refractivity contribution in [1.82, 2.24) is 10.2 Å². The molecule has 0 saturated carbocycles. The Morgan fingerprint density at radius 3 is 2.94 bits per heavy atom. The van der Waals surface area contributed by atoms with Crippen molar-refractivity contribution >= 4 is 11.0 Å². The molecule has 0 saturated heterocycles. The minimum atomic E-state index is 0.693. The van der Waals surface area contributed by atoms with Gasteiger partial charge in [0, 0.05) is 11.1 Å². The number of hydrogen-bond acceptors (Lipinski definition) is 3. The highest BCUT2D eigenvalue weighted by Gasteiger charge is 2.09. The van der Waals surface area contributed by atoms with Crippen LogP contribution in [0.25, 0.3) is 22.4 Å². The van der Waals surface area contributed by atoms with E-state index in [0.717, 1.165) is 41.0 Å². The fourth-order valence-corrected chi connectivity index (χ4v) is 2.02. The Balaban J connectivity index is 1.91. The highest BCUT2D eigenvalue weighted by atomic mass is 16.3. The molecular weight excluding hydrogens is 226 g/mol. The second-order valence-corrected chi connectivity index (χ2v) is 4.32. The second kappa shape index (κ2) is 4.66. The fourth-order valence-electron chi connectivity index (χ4n) is 2.02. The highest BCUT2D eigenvalue weighted by molar-refractivity contribution is 5.82. The molecule has 18 heavy (non-hydrogen) atoms. The third-order valence-electron chi connectivity index (χ3n) is 2.96. The van der Waals surface area contributed by atoms with Gasteiger partial charge in [-0.2, -0.15) is 5.10 Å². The van der Waals surface area contributed by atoms with Crippen molar-refractivity contribution in [2.75, 3.05) is 6.54 Å². The minimum Gasteiger partial charge on any atom is -0.454 e. The zero-order chi connectivity index (χ0) is 12.4. The van der Waals surface area contributed by atoms with E-state index in [4.69, 9.17) is 10.2 Å². The maximum absolute atomic E-state index is 5.76. The van der Waals surface area contributed by atoms with Crippen molar-refractivity contribution in [2.45, 2.75) is 12.8 Å². The van der Waals surface area contributed by atoms with Gasteiger partial charge in [-0.15, -0.1) is 0 Å². The molecule has 0 aliphatic heterocycles. The summed E-state index contributed by atoms with van der Waals surface area (Å²) >= 11 is 0. The molecule has 0 radical (unpaired) electrons. The molecule has 0 aliphatic carbocycles. The first-order valence-corrected chi connectivity index (χ1v) is 6.10. The number of aryl methyl sites for hydroxylation is 1. The molecule has 4 nitrogen and oxygen atoms in total. The summed E-state index contributed by atoms with van der Waals surface area (Å²) in [6.07, 6.45) is 1.88. The molecule has 0 atom stereocenters. The second-order valence-electron chi connectivity index (χ2n) is 4.32. The van der Waals surface area contributed by atoms with E-state index in [1.165, 1.54) is 0 Å². The van der Waals surface area contributed by atoms with Gasteiger partial charge >= 0.3 is 0 Å². The lowest BCUT2D eigenvalue weighted by Crippen LogP contribution is -2.00. The van der Waals surface area contributed by atoms with E-state index in [9.17, 15) is 0 Å². The van der Waals surface area contributed by atoms with Gasteiger partial charge in [0.05, 0.1) is 0 Å². The Morgan fingerprint density at radius 2 is 2.11 bits per heavy atom.